The summed E-state index contributed by atoms with van der Waals surface area (Å²) in [5, 5.41) is 10.7. The van der Waals surface area contributed by atoms with Crippen molar-refractivity contribution in [2.24, 2.45) is 5.73 Å². The summed E-state index contributed by atoms with van der Waals surface area (Å²) in [6.07, 6.45) is 0. The molecule has 0 spiro atoms. The molecular formula is C20H18N6O2S3. The molecule has 0 aliphatic carbocycles. The van der Waals surface area contributed by atoms with Crippen LogP contribution in [0, 0.1) is 0 Å². The van der Waals surface area contributed by atoms with Crippen LogP contribution in [0.2, 0.25) is 0 Å². The van der Waals surface area contributed by atoms with Crippen LogP contribution < -0.4 is 11.1 Å². The Labute approximate surface area is 190 Å². The van der Waals surface area contributed by atoms with Crippen LogP contribution >= 0.6 is 34.9 Å². The van der Waals surface area contributed by atoms with Crippen molar-refractivity contribution in [2.75, 3.05) is 0 Å². The first kappa shape index (κ1) is 21.3. The van der Waals surface area contributed by atoms with Crippen molar-refractivity contribution in [2.45, 2.75) is 27.4 Å². The van der Waals surface area contributed by atoms with Gasteiger partial charge < -0.3 is 5.73 Å². The summed E-state index contributed by atoms with van der Waals surface area (Å²) in [7, 11) is 0. The molecule has 0 unspecified atom stereocenters. The number of primary amides is 1. The summed E-state index contributed by atoms with van der Waals surface area (Å²) in [6.45, 7) is 1.68. The summed E-state index contributed by atoms with van der Waals surface area (Å²) in [5.41, 5.74) is 6.91. The van der Waals surface area contributed by atoms with Crippen molar-refractivity contribution in [3.8, 4) is 5.69 Å². The molecule has 3 N–H and O–H groups in total. The second kappa shape index (κ2) is 9.50. The zero-order chi connectivity index (χ0) is 21.8. The molecule has 0 bridgehead atoms. The summed E-state index contributed by atoms with van der Waals surface area (Å²) in [4.78, 5) is 27.7. The van der Waals surface area contributed by atoms with Crippen LogP contribution in [0.4, 0.5) is 4.79 Å². The summed E-state index contributed by atoms with van der Waals surface area (Å²) < 4.78 is 4.01. The van der Waals surface area contributed by atoms with E-state index in [1.165, 1.54) is 11.8 Å². The zero-order valence-electron chi connectivity index (χ0n) is 16.4. The fourth-order valence-corrected chi connectivity index (χ4v) is 5.65. The Morgan fingerprint density at radius 1 is 1.13 bits per heavy atom. The van der Waals surface area contributed by atoms with Gasteiger partial charge in [0.2, 0.25) is 5.91 Å². The first-order valence-corrected chi connectivity index (χ1v) is 11.9. The number of nitrogens with two attached hydrogens (primary N) is 1. The van der Waals surface area contributed by atoms with E-state index in [2.05, 4.69) is 26.6 Å². The minimum atomic E-state index is -0.880. The topological polar surface area (TPSA) is 116 Å². The van der Waals surface area contributed by atoms with Gasteiger partial charge in [0.15, 0.2) is 9.50 Å². The second-order valence-electron chi connectivity index (χ2n) is 6.42. The van der Waals surface area contributed by atoms with Crippen LogP contribution in [0.15, 0.2) is 64.1 Å². The fraction of sp³-hybridized carbons (Fsp3) is 0.150. The number of urea groups is 1. The third kappa shape index (κ3) is 5.06. The molecule has 3 amide bonds. The molecule has 0 aliphatic heterocycles. The maximum Gasteiger partial charge on any atom is 0.318 e. The van der Waals surface area contributed by atoms with Gasteiger partial charge in [-0.25, -0.2) is 9.78 Å². The van der Waals surface area contributed by atoms with Crippen LogP contribution in [0.25, 0.3) is 15.9 Å². The molecule has 0 saturated carbocycles. The van der Waals surface area contributed by atoms with Crippen LogP contribution in [0.1, 0.15) is 12.7 Å². The number of carbonyl (C=O) groups excluding carboxylic acids is 2. The standard InChI is InChI=1S/C20H18N6O2S3/c1-12(17(27)23-18(21)28)30-19-25-24-16(26(19)13-7-3-2-4-8-13)11-29-20-22-14-9-5-6-10-15(14)31-20/h2-10,12H,11H2,1H3,(H3,21,23,27,28)/t12-/m0/s1. The largest absolute Gasteiger partial charge is 0.351 e. The Bertz CT molecular complexity index is 1190. The Hall–Kier alpha value is -2.89. The molecule has 31 heavy (non-hydrogen) atoms. The highest BCUT2D eigenvalue weighted by molar-refractivity contribution is 8.00. The second-order valence-corrected chi connectivity index (χ2v) is 9.98. The van der Waals surface area contributed by atoms with Gasteiger partial charge in [-0.2, -0.15) is 0 Å². The van der Waals surface area contributed by atoms with Crippen LogP contribution in [0.3, 0.4) is 0 Å². The minimum Gasteiger partial charge on any atom is -0.351 e. The Morgan fingerprint density at radius 3 is 2.61 bits per heavy atom. The Morgan fingerprint density at radius 2 is 1.87 bits per heavy atom. The lowest BCUT2D eigenvalue weighted by atomic mass is 10.3. The van der Waals surface area contributed by atoms with Crippen molar-refractivity contribution in [3.05, 3.63) is 60.4 Å². The highest BCUT2D eigenvalue weighted by Gasteiger charge is 2.22. The predicted octanol–water partition coefficient (Wildman–Crippen LogP) is 3.84. The Balaban J connectivity index is 1.58. The van der Waals surface area contributed by atoms with E-state index in [4.69, 9.17) is 5.73 Å². The minimum absolute atomic E-state index is 0.481. The smallest absolute Gasteiger partial charge is 0.318 e. The SMILES string of the molecule is C[C@H](Sc1nnc(CSc2nc3ccccc3s2)n1-c1ccccc1)C(=O)NC(N)=O. The number of benzene rings is 2. The molecular weight excluding hydrogens is 452 g/mol. The molecule has 8 nitrogen and oxygen atoms in total. The van der Waals surface area contributed by atoms with Gasteiger partial charge in [0.25, 0.3) is 0 Å². The number of imide groups is 1. The third-order valence-corrected chi connectivity index (χ3v) is 7.43. The average Bonchev–Trinajstić information content (AvgIpc) is 3.35. The molecule has 4 aromatic rings. The van der Waals surface area contributed by atoms with E-state index in [1.807, 2.05) is 53.1 Å². The van der Waals surface area contributed by atoms with Gasteiger partial charge >= 0.3 is 6.03 Å². The summed E-state index contributed by atoms with van der Waals surface area (Å²) in [5.74, 6) is 0.815. The van der Waals surface area contributed by atoms with E-state index in [-0.39, 0.29) is 0 Å². The monoisotopic (exact) mass is 470 g/mol. The van der Waals surface area contributed by atoms with E-state index in [9.17, 15) is 9.59 Å². The lowest BCUT2D eigenvalue weighted by Crippen LogP contribution is -2.39. The number of carbonyl (C=O) groups is 2. The maximum atomic E-state index is 12.1. The predicted molar refractivity (Wildman–Crippen MR) is 124 cm³/mol. The summed E-state index contributed by atoms with van der Waals surface area (Å²) in [6, 6.07) is 16.8. The number of thiazole rings is 1. The fourth-order valence-electron chi connectivity index (χ4n) is 2.78. The van der Waals surface area contributed by atoms with Gasteiger partial charge in [0.1, 0.15) is 5.82 Å². The van der Waals surface area contributed by atoms with Gasteiger partial charge in [-0.3, -0.25) is 14.7 Å². The van der Waals surface area contributed by atoms with E-state index in [0.29, 0.717) is 10.9 Å². The summed E-state index contributed by atoms with van der Waals surface area (Å²) >= 11 is 4.44. The number of thioether (sulfide) groups is 2. The van der Waals surface area contributed by atoms with Crippen molar-refractivity contribution in [1.82, 2.24) is 25.1 Å². The molecule has 4 rings (SSSR count). The maximum absolute atomic E-state index is 12.1. The Kier molecular flexibility index (Phi) is 6.54. The van der Waals surface area contributed by atoms with Gasteiger partial charge in [-0.15, -0.1) is 21.5 Å². The molecule has 0 saturated heterocycles. The quantitative estimate of drug-likeness (QED) is 0.394. The van der Waals surface area contributed by atoms with Crippen LogP contribution in [-0.2, 0) is 10.5 Å². The van der Waals surface area contributed by atoms with Crippen molar-refractivity contribution < 1.29 is 9.59 Å². The molecule has 2 aromatic heterocycles. The highest BCUT2D eigenvalue weighted by atomic mass is 32.2. The highest BCUT2D eigenvalue weighted by Crippen LogP contribution is 2.33. The molecule has 0 fully saturated rings. The molecule has 158 valence electrons. The number of hydrogen-bond donors (Lipinski definition) is 2. The van der Waals surface area contributed by atoms with E-state index in [0.717, 1.165) is 26.1 Å². The van der Waals surface area contributed by atoms with E-state index < -0.39 is 17.2 Å². The van der Waals surface area contributed by atoms with Crippen molar-refractivity contribution in [1.29, 1.82) is 0 Å². The average molecular weight is 471 g/mol. The number of fused-ring (bicyclic) bond motifs is 1. The van der Waals surface area contributed by atoms with Crippen molar-refractivity contribution >= 4 is 57.0 Å². The number of aromatic nitrogens is 4. The van der Waals surface area contributed by atoms with E-state index >= 15 is 0 Å². The molecule has 0 radical (unpaired) electrons. The zero-order valence-corrected chi connectivity index (χ0v) is 18.8. The normalized spacial score (nSPS) is 12.0. The molecule has 1 atom stereocenters. The van der Waals surface area contributed by atoms with Crippen LogP contribution in [0.5, 0.6) is 0 Å². The van der Waals surface area contributed by atoms with Gasteiger partial charge in [-0.05, 0) is 31.2 Å². The molecule has 0 aliphatic rings. The molecule has 2 aromatic carbocycles. The number of amides is 3. The van der Waals surface area contributed by atoms with Crippen LogP contribution in [-0.4, -0.2) is 36.9 Å². The molecule has 11 heteroatoms. The lowest BCUT2D eigenvalue weighted by Gasteiger charge is -2.12. The number of hydrogen-bond acceptors (Lipinski definition) is 8. The van der Waals surface area contributed by atoms with Gasteiger partial charge in [0.05, 0.1) is 21.2 Å². The van der Waals surface area contributed by atoms with E-state index in [1.54, 1.807) is 30.0 Å². The number of nitrogens with one attached hydrogen (secondary N) is 1. The first-order valence-electron chi connectivity index (χ1n) is 9.26. The first-order chi connectivity index (χ1) is 15.0. The van der Waals surface area contributed by atoms with Crippen molar-refractivity contribution in [3.63, 3.8) is 0 Å². The third-order valence-electron chi connectivity index (χ3n) is 4.21. The molecule has 2 heterocycles. The van der Waals surface area contributed by atoms with Gasteiger partial charge in [0, 0.05) is 5.69 Å². The number of para-hydroxylation sites is 2. The number of rotatable bonds is 7. The number of nitrogens with zero attached hydrogens (tertiary/aromatic N) is 4. The van der Waals surface area contributed by atoms with Gasteiger partial charge in [-0.1, -0.05) is 53.9 Å². The lowest BCUT2D eigenvalue weighted by molar-refractivity contribution is -0.119.